The lowest BCUT2D eigenvalue weighted by Gasteiger charge is -2.56. The highest BCUT2D eigenvalue weighted by Crippen LogP contribution is 2.57. The molecule has 1 saturated heterocycles. The van der Waals surface area contributed by atoms with Gasteiger partial charge in [0, 0.05) is 6.92 Å². The van der Waals surface area contributed by atoms with Crippen molar-refractivity contribution in [2.24, 2.45) is 5.41 Å². The maximum Gasteiger partial charge on any atom is 0.300 e. The molecule has 1 aliphatic heterocycles. The second kappa shape index (κ2) is 5.41. The second-order valence-electron chi connectivity index (χ2n) is 6.82. The number of aliphatic hydroxyl groups is 1. The van der Waals surface area contributed by atoms with E-state index in [1.807, 2.05) is 6.92 Å². The van der Waals surface area contributed by atoms with Crippen LogP contribution in [0.25, 0.3) is 0 Å². The van der Waals surface area contributed by atoms with Crippen molar-refractivity contribution < 1.29 is 19.7 Å². The number of ether oxygens (including phenoxy) is 1. The number of hydrogen-bond acceptors (Lipinski definition) is 3. The highest BCUT2D eigenvalue weighted by Gasteiger charge is 2.61. The van der Waals surface area contributed by atoms with E-state index in [0.717, 1.165) is 39.0 Å². The summed E-state index contributed by atoms with van der Waals surface area (Å²) < 4.78 is 6.17. The third kappa shape index (κ3) is 3.11. The summed E-state index contributed by atoms with van der Waals surface area (Å²) in [5, 5.41) is 18.1. The van der Waals surface area contributed by atoms with E-state index in [0.29, 0.717) is 6.10 Å². The summed E-state index contributed by atoms with van der Waals surface area (Å²) in [6, 6.07) is 0. The molecule has 0 amide bonds. The molecule has 19 heavy (non-hydrogen) atoms. The Morgan fingerprint density at radius 2 is 1.74 bits per heavy atom. The van der Waals surface area contributed by atoms with Crippen molar-refractivity contribution in [2.45, 2.75) is 84.0 Å². The van der Waals surface area contributed by atoms with Crippen molar-refractivity contribution in [1.82, 2.24) is 0 Å². The van der Waals surface area contributed by atoms with Crippen molar-refractivity contribution >= 4 is 5.97 Å². The number of carboxylic acids is 1. The van der Waals surface area contributed by atoms with Gasteiger partial charge >= 0.3 is 0 Å². The Morgan fingerprint density at radius 1 is 1.21 bits per heavy atom. The molecule has 1 saturated carbocycles. The van der Waals surface area contributed by atoms with E-state index >= 15 is 0 Å². The molecule has 0 bridgehead atoms. The third-order valence-corrected chi connectivity index (χ3v) is 4.73. The minimum absolute atomic E-state index is 0.0967. The van der Waals surface area contributed by atoms with Crippen LogP contribution in [-0.4, -0.2) is 33.5 Å². The summed E-state index contributed by atoms with van der Waals surface area (Å²) in [5.41, 5.74) is -0.864. The zero-order valence-corrected chi connectivity index (χ0v) is 12.8. The Bertz CT molecular complexity index is 313. The van der Waals surface area contributed by atoms with Crippen LogP contribution in [0.5, 0.6) is 0 Å². The molecule has 112 valence electrons. The minimum atomic E-state index is -0.833. The lowest BCUT2D eigenvalue weighted by molar-refractivity contribution is -0.239. The van der Waals surface area contributed by atoms with Gasteiger partial charge in [-0.05, 0) is 51.4 Å². The molecule has 4 nitrogen and oxygen atoms in total. The molecule has 1 heterocycles. The van der Waals surface area contributed by atoms with Gasteiger partial charge in [-0.15, -0.1) is 0 Å². The van der Waals surface area contributed by atoms with E-state index < -0.39 is 11.6 Å². The Balaban J connectivity index is 0.000000399. The molecule has 2 fully saturated rings. The molecular formula is C15H28O4. The molecule has 0 radical (unpaired) electrons. The molecule has 0 aromatic rings. The van der Waals surface area contributed by atoms with Crippen LogP contribution in [0.15, 0.2) is 0 Å². The van der Waals surface area contributed by atoms with Gasteiger partial charge in [0.25, 0.3) is 5.97 Å². The van der Waals surface area contributed by atoms with E-state index in [-0.39, 0.29) is 11.0 Å². The van der Waals surface area contributed by atoms with Gasteiger partial charge < -0.3 is 14.9 Å². The second-order valence-corrected chi connectivity index (χ2v) is 6.82. The lowest BCUT2D eigenvalue weighted by atomic mass is 9.57. The lowest BCUT2D eigenvalue weighted by Crippen LogP contribution is -2.63. The first-order chi connectivity index (χ1) is 8.54. The van der Waals surface area contributed by atoms with Gasteiger partial charge in [0.05, 0.1) is 11.7 Å². The Labute approximate surface area is 116 Å². The molecule has 3 atom stereocenters. The normalized spacial score (nSPS) is 40.6. The van der Waals surface area contributed by atoms with Crippen LogP contribution in [0.1, 0.15) is 66.7 Å². The number of rotatable bonds is 0. The average molecular weight is 272 g/mol. The molecule has 1 aliphatic carbocycles. The van der Waals surface area contributed by atoms with Gasteiger partial charge in [-0.25, -0.2) is 0 Å². The van der Waals surface area contributed by atoms with Gasteiger partial charge in [-0.3, -0.25) is 4.79 Å². The monoisotopic (exact) mass is 272 g/mol. The fraction of sp³-hybridized carbons (Fsp3) is 0.933. The molecule has 1 spiro atoms. The van der Waals surface area contributed by atoms with Crippen LogP contribution in [0.4, 0.5) is 0 Å². The van der Waals surface area contributed by atoms with Gasteiger partial charge in [-0.2, -0.15) is 0 Å². The fourth-order valence-corrected chi connectivity index (χ4v) is 3.77. The molecule has 0 aromatic heterocycles. The van der Waals surface area contributed by atoms with Crippen LogP contribution in [0.2, 0.25) is 0 Å². The number of carbonyl (C=O) groups is 1. The Morgan fingerprint density at radius 3 is 2.11 bits per heavy atom. The first-order valence-corrected chi connectivity index (χ1v) is 7.14. The van der Waals surface area contributed by atoms with Crippen LogP contribution >= 0.6 is 0 Å². The van der Waals surface area contributed by atoms with Crippen LogP contribution in [0.3, 0.4) is 0 Å². The summed E-state index contributed by atoms with van der Waals surface area (Å²) >= 11 is 0. The van der Waals surface area contributed by atoms with Gasteiger partial charge in [0.15, 0.2) is 0 Å². The van der Waals surface area contributed by atoms with Gasteiger partial charge in [0.2, 0.25) is 0 Å². The summed E-state index contributed by atoms with van der Waals surface area (Å²) in [5.74, 6) is -0.833. The first-order valence-electron chi connectivity index (χ1n) is 7.14. The van der Waals surface area contributed by atoms with Crippen LogP contribution < -0.4 is 0 Å². The predicted molar refractivity (Wildman–Crippen MR) is 74.1 cm³/mol. The number of carboxylic acid groups (broad SMARTS) is 1. The van der Waals surface area contributed by atoms with Gasteiger partial charge in [-0.1, -0.05) is 13.8 Å². The summed E-state index contributed by atoms with van der Waals surface area (Å²) in [4.78, 5) is 9.00. The quantitative estimate of drug-likeness (QED) is 0.711. The largest absolute Gasteiger partial charge is 0.481 e. The molecular weight excluding hydrogens is 244 g/mol. The fourth-order valence-electron chi connectivity index (χ4n) is 3.77. The molecule has 2 N–H and O–H groups in total. The minimum Gasteiger partial charge on any atom is -0.481 e. The highest BCUT2D eigenvalue weighted by atomic mass is 16.5. The third-order valence-electron chi connectivity index (χ3n) is 4.73. The highest BCUT2D eigenvalue weighted by molar-refractivity contribution is 5.62. The number of aliphatic carboxylic acids is 1. The topological polar surface area (TPSA) is 66.8 Å². The van der Waals surface area contributed by atoms with Crippen molar-refractivity contribution in [3.8, 4) is 0 Å². The van der Waals surface area contributed by atoms with E-state index in [1.54, 1.807) is 0 Å². The zero-order valence-electron chi connectivity index (χ0n) is 12.8. The van der Waals surface area contributed by atoms with E-state index in [1.165, 1.54) is 0 Å². The summed E-state index contributed by atoms with van der Waals surface area (Å²) in [6.45, 7) is 9.67. The van der Waals surface area contributed by atoms with Crippen molar-refractivity contribution in [3.63, 3.8) is 0 Å². The Hall–Kier alpha value is -0.610. The molecule has 3 unspecified atom stereocenters. The maximum absolute atomic E-state index is 10.7. The standard InChI is InChI=1S/C13H24O2.C2H4O2/c1-10-6-9-13(15-10)11(2,3)7-5-8-12(13,4)14;1-2(3)4/h10,14H,5-9H2,1-4H3;1H3,(H,3,4). The molecule has 0 aromatic carbocycles. The SMILES string of the molecule is CC(=O)O.CC1CCC2(O1)C(C)(C)CCCC2(C)O. The molecule has 4 heteroatoms. The molecule has 2 rings (SSSR count). The predicted octanol–water partition coefficient (Wildman–Crippen LogP) is 2.98. The Kier molecular flexibility index (Phi) is 4.68. The maximum atomic E-state index is 10.7. The van der Waals surface area contributed by atoms with E-state index in [9.17, 15) is 5.11 Å². The van der Waals surface area contributed by atoms with Crippen LogP contribution in [-0.2, 0) is 9.53 Å². The van der Waals surface area contributed by atoms with Gasteiger partial charge in [0.1, 0.15) is 5.60 Å². The summed E-state index contributed by atoms with van der Waals surface area (Å²) in [7, 11) is 0. The van der Waals surface area contributed by atoms with Crippen molar-refractivity contribution in [3.05, 3.63) is 0 Å². The van der Waals surface area contributed by atoms with Crippen molar-refractivity contribution in [2.75, 3.05) is 0 Å². The first kappa shape index (κ1) is 16.4. The number of hydrogen-bond donors (Lipinski definition) is 2. The molecule has 2 aliphatic rings. The van der Waals surface area contributed by atoms with E-state index in [2.05, 4.69) is 20.8 Å². The van der Waals surface area contributed by atoms with Crippen LogP contribution in [0, 0.1) is 5.41 Å². The average Bonchev–Trinajstić information content (AvgIpc) is 2.59. The zero-order chi connectivity index (χ0) is 14.9. The summed E-state index contributed by atoms with van der Waals surface area (Å²) in [6.07, 6.45) is 5.54. The smallest absolute Gasteiger partial charge is 0.300 e. The van der Waals surface area contributed by atoms with Crippen molar-refractivity contribution in [1.29, 1.82) is 0 Å². The van der Waals surface area contributed by atoms with E-state index in [4.69, 9.17) is 14.6 Å².